The van der Waals surface area contributed by atoms with Crippen molar-refractivity contribution < 1.29 is 24.2 Å². The average molecular weight is 397 g/mol. The van der Waals surface area contributed by atoms with Crippen LogP contribution in [0.5, 0.6) is 17.2 Å². The molecule has 0 radical (unpaired) electrons. The molecule has 0 fully saturated rings. The van der Waals surface area contributed by atoms with Crippen LogP contribution in [-0.4, -0.2) is 41.9 Å². The first-order valence-corrected chi connectivity index (χ1v) is 8.55. The Kier molecular flexibility index (Phi) is 6.10. The molecule has 0 unspecified atom stereocenters. The maximum Gasteiger partial charge on any atom is 0.267 e. The van der Waals surface area contributed by atoms with Gasteiger partial charge < -0.3 is 19.2 Å². The molecule has 9 nitrogen and oxygen atoms in total. The van der Waals surface area contributed by atoms with Crippen LogP contribution in [-0.2, 0) is 4.79 Å². The Morgan fingerprint density at radius 1 is 1.17 bits per heavy atom. The Morgan fingerprint density at radius 2 is 1.93 bits per heavy atom. The van der Waals surface area contributed by atoms with Crippen molar-refractivity contribution in [1.29, 1.82) is 0 Å². The summed E-state index contributed by atoms with van der Waals surface area (Å²) >= 11 is 0. The van der Waals surface area contributed by atoms with Crippen molar-refractivity contribution in [2.24, 2.45) is 0 Å². The van der Waals surface area contributed by atoms with Gasteiger partial charge in [-0.25, -0.2) is 10.5 Å². The highest BCUT2D eigenvalue weighted by molar-refractivity contribution is 5.87. The maximum atomic E-state index is 12.6. The largest absolute Gasteiger partial charge is 0.497 e. The van der Waals surface area contributed by atoms with Gasteiger partial charge >= 0.3 is 0 Å². The number of benzene rings is 2. The van der Waals surface area contributed by atoms with Crippen LogP contribution >= 0.6 is 0 Å². The van der Waals surface area contributed by atoms with Gasteiger partial charge in [-0.15, -0.1) is 0 Å². The molecule has 29 heavy (non-hydrogen) atoms. The first-order valence-electron chi connectivity index (χ1n) is 8.55. The fraction of sp³-hybridized carbons (Fsp3) is 0.150. The highest BCUT2D eigenvalue weighted by atomic mass is 16.5. The van der Waals surface area contributed by atoms with Gasteiger partial charge in [-0.1, -0.05) is 0 Å². The van der Waals surface area contributed by atoms with Gasteiger partial charge in [-0.3, -0.25) is 14.8 Å². The lowest BCUT2D eigenvalue weighted by Gasteiger charge is -2.09. The molecule has 0 bridgehead atoms. The summed E-state index contributed by atoms with van der Waals surface area (Å²) in [6.07, 6.45) is 2.61. The van der Waals surface area contributed by atoms with E-state index in [-0.39, 0.29) is 12.2 Å². The number of hydroxylamine groups is 1. The zero-order valence-electron chi connectivity index (χ0n) is 15.8. The molecule has 3 aromatic rings. The number of carbonyl (C=O) groups is 1. The van der Waals surface area contributed by atoms with E-state index in [9.17, 15) is 9.59 Å². The van der Waals surface area contributed by atoms with E-state index < -0.39 is 5.91 Å². The normalized spacial score (nSPS) is 10.9. The van der Waals surface area contributed by atoms with Crippen LogP contribution in [0.15, 0.2) is 53.3 Å². The number of nitrogens with one attached hydrogen (secondary N) is 2. The first kappa shape index (κ1) is 19.9. The van der Waals surface area contributed by atoms with Crippen LogP contribution in [0.25, 0.3) is 22.3 Å². The Morgan fingerprint density at radius 3 is 2.59 bits per heavy atom. The van der Waals surface area contributed by atoms with Crippen molar-refractivity contribution in [3.63, 3.8) is 0 Å². The van der Waals surface area contributed by atoms with Crippen molar-refractivity contribution in [3.8, 4) is 28.6 Å². The molecule has 3 rings (SSSR count). The average Bonchev–Trinajstić information content (AvgIpc) is 2.75. The van der Waals surface area contributed by atoms with Crippen LogP contribution in [0.1, 0.15) is 0 Å². The fourth-order valence-electron chi connectivity index (χ4n) is 2.67. The molecule has 0 saturated heterocycles. The molecule has 0 spiro atoms. The highest BCUT2D eigenvalue weighted by Crippen LogP contribution is 2.29. The number of ether oxygens (including phenoxy) is 3. The van der Waals surface area contributed by atoms with E-state index >= 15 is 0 Å². The zero-order valence-corrected chi connectivity index (χ0v) is 15.8. The third-order valence-corrected chi connectivity index (χ3v) is 4.06. The van der Waals surface area contributed by atoms with Crippen molar-refractivity contribution >= 4 is 16.8 Å². The molecule has 0 aliphatic heterocycles. The molecule has 150 valence electrons. The molecule has 0 aliphatic carbocycles. The second-order valence-electron chi connectivity index (χ2n) is 5.85. The van der Waals surface area contributed by atoms with Gasteiger partial charge in [0.25, 0.3) is 11.5 Å². The van der Waals surface area contributed by atoms with E-state index in [1.807, 2.05) is 0 Å². The molecule has 2 aromatic carbocycles. The minimum atomic E-state index is -0.636. The molecule has 1 amide bonds. The van der Waals surface area contributed by atoms with Gasteiger partial charge in [-0.2, -0.15) is 0 Å². The van der Waals surface area contributed by atoms with E-state index in [1.165, 1.54) is 25.8 Å². The van der Waals surface area contributed by atoms with E-state index in [0.717, 1.165) is 6.08 Å². The molecule has 3 N–H and O–H groups in total. The SMILES string of the molecule is COc1cc(OC)c2c(=O)[nH]c(-c3ccc(OC/C=C/C(=O)NO)cc3)nc2c1. The summed E-state index contributed by atoms with van der Waals surface area (Å²) in [6, 6.07) is 10.2. The van der Waals surface area contributed by atoms with Gasteiger partial charge in [-0.05, 0) is 30.3 Å². The van der Waals surface area contributed by atoms with Gasteiger partial charge in [0, 0.05) is 23.8 Å². The summed E-state index contributed by atoms with van der Waals surface area (Å²) in [5.74, 6) is 1.23. The molecule has 0 aliphatic rings. The number of amides is 1. The highest BCUT2D eigenvalue weighted by Gasteiger charge is 2.13. The van der Waals surface area contributed by atoms with Crippen LogP contribution in [0.3, 0.4) is 0 Å². The number of hydrogen-bond acceptors (Lipinski definition) is 7. The van der Waals surface area contributed by atoms with Gasteiger partial charge in [0.2, 0.25) is 0 Å². The smallest absolute Gasteiger partial charge is 0.267 e. The topological polar surface area (TPSA) is 123 Å². The molecule has 1 heterocycles. The number of aromatic nitrogens is 2. The van der Waals surface area contributed by atoms with Crippen LogP contribution in [0, 0.1) is 0 Å². The lowest BCUT2D eigenvalue weighted by molar-refractivity contribution is -0.124. The van der Waals surface area contributed by atoms with E-state index in [1.54, 1.807) is 36.4 Å². The molecular weight excluding hydrogens is 378 g/mol. The second kappa shape index (κ2) is 8.89. The molecule has 0 atom stereocenters. The number of fused-ring (bicyclic) bond motifs is 1. The van der Waals surface area contributed by atoms with Crippen LogP contribution in [0.4, 0.5) is 0 Å². The predicted octanol–water partition coefficient (Wildman–Crippen LogP) is 2.05. The van der Waals surface area contributed by atoms with E-state index in [0.29, 0.717) is 39.5 Å². The Labute approximate surface area is 165 Å². The van der Waals surface area contributed by atoms with E-state index in [4.69, 9.17) is 19.4 Å². The summed E-state index contributed by atoms with van der Waals surface area (Å²) in [7, 11) is 3.00. The molecular formula is C20H19N3O6. The summed E-state index contributed by atoms with van der Waals surface area (Å²) in [6.45, 7) is 0.150. The Bertz CT molecular complexity index is 1110. The number of H-pyrrole nitrogens is 1. The van der Waals surface area contributed by atoms with E-state index in [2.05, 4.69) is 9.97 Å². The number of nitrogens with zero attached hydrogens (tertiary/aromatic N) is 1. The quantitative estimate of drug-likeness (QED) is 0.317. The van der Waals surface area contributed by atoms with Crippen molar-refractivity contribution in [2.45, 2.75) is 0 Å². The molecule has 0 saturated carbocycles. The Balaban J connectivity index is 1.86. The lowest BCUT2D eigenvalue weighted by Crippen LogP contribution is -2.15. The first-order chi connectivity index (χ1) is 14.0. The number of hydrogen-bond donors (Lipinski definition) is 3. The predicted molar refractivity (Wildman–Crippen MR) is 105 cm³/mol. The third-order valence-electron chi connectivity index (χ3n) is 4.06. The number of aromatic amines is 1. The zero-order chi connectivity index (χ0) is 20.8. The van der Waals surface area contributed by atoms with Gasteiger partial charge in [0.15, 0.2) is 0 Å². The van der Waals surface area contributed by atoms with Crippen LogP contribution in [0.2, 0.25) is 0 Å². The standard InChI is InChI=1S/C20H19N3O6/c1-27-14-10-15-18(16(11-14)28-2)20(25)22-19(21-15)12-5-7-13(8-6-12)29-9-3-4-17(24)23-26/h3-8,10-11,26H,9H2,1-2H3,(H,23,24)(H,21,22,25)/b4-3+. The van der Waals surface area contributed by atoms with Crippen molar-refractivity contribution in [1.82, 2.24) is 15.4 Å². The molecule has 1 aromatic heterocycles. The fourth-order valence-corrected chi connectivity index (χ4v) is 2.67. The minimum Gasteiger partial charge on any atom is -0.497 e. The maximum absolute atomic E-state index is 12.6. The lowest BCUT2D eigenvalue weighted by atomic mass is 10.1. The monoisotopic (exact) mass is 397 g/mol. The van der Waals surface area contributed by atoms with Crippen LogP contribution < -0.4 is 25.2 Å². The Hall–Kier alpha value is -3.85. The summed E-state index contributed by atoms with van der Waals surface area (Å²) < 4.78 is 16.0. The molecule has 9 heteroatoms. The van der Waals surface area contributed by atoms with Gasteiger partial charge in [0.05, 0.1) is 19.7 Å². The summed E-state index contributed by atoms with van der Waals surface area (Å²) in [4.78, 5) is 30.7. The third kappa shape index (κ3) is 4.53. The van der Waals surface area contributed by atoms with Gasteiger partial charge in [0.1, 0.15) is 35.1 Å². The summed E-state index contributed by atoms with van der Waals surface area (Å²) in [5, 5.41) is 8.74. The number of carbonyl (C=O) groups excluding carboxylic acids is 1. The van der Waals surface area contributed by atoms with Crippen molar-refractivity contribution in [2.75, 3.05) is 20.8 Å². The second-order valence-corrected chi connectivity index (χ2v) is 5.85. The van der Waals surface area contributed by atoms with Crippen molar-refractivity contribution in [3.05, 3.63) is 58.9 Å². The minimum absolute atomic E-state index is 0.150. The number of rotatable bonds is 7. The number of methoxy groups -OCH3 is 2. The summed E-state index contributed by atoms with van der Waals surface area (Å²) in [5.41, 5.74) is 2.31.